The predicted molar refractivity (Wildman–Crippen MR) is 96.7 cm³/mol. The summed E-state index contributed by atoms with van der Waals surface area (Å²) in [7, 11) is 0. The first-order valence-electron chi connectivity index (χ1n) is 8.22. The van der Waals surface area contributed by atoms with Gasteiger partial charge in [-0.15, -0.1) is 0 Å². The molecule has 1 unspecified atom stereocenters. The lowest BCUT2D eigenvalue weighted by atomic mass is 10.0. The summed E-state index contributed by atoms with van der Waals surface area (Å²) < 4.78 is 12.2. The molecule has 0 bridgehead atoms. The molecule has 1 fully saturated rings. The highest BCUT2D eigenvalue weighted by Gasteiger charge is 2.28. The summed E-state index contributed by atoms with van der Waals surface area (Å²) in [5.74, 6) is 0.561. The molecule has 0 saturated carbocycles. The summed E-state index contributed by atoms with van der Waals surface area (Å²) >= 11 is 3.53. The van der Waals surface area contributed by atoms with Gasteiger partial charge in [0.1, 0.15) is 12.6 Å². The lowest BCUT2D eigenvalue weighted by Crippen LogP contribution is -2.44. The average molecular weight is 398 g/mol. The van der Waals surface area contributed by atoms with E-state index in [1.54, 1.807) is 6.08 Å². The van der Waals surface area contributed by atoms with E-state index in [1.165, 1.54) is 0 Å². The van der Waals surface area contributed by atoms with Crippen LogP contribution >= 0.6 is 15.9 Å². The third kappa shape index (κ3) is 4.74. The van der Waals surface area contributed by atoms with E-state index in [1.807, 2.05) is 24.0 Å². The number of halogens is 1. The van der Waals surface area contributed by atoms with Gasteiger partial charge in [0.05, 0.1) is 11.1 Å². The highest BCUT2D eigenvalue weighted by Crippen LogP contribution is 2.37. The number of nitrogens with zero attached hydrogens (tertiary/aromatic N) is 1. The number of carboxylic acid groups (broad SMARTS) is 1. The van der Waals surface area contributed by atoms with Crippen LogP contribution in [-0.2, 0) is 11.3 Å². The number of rotatable bonds is 8. The highest BCUT2D eigenvalue weighted by molar-refractivity contribution is 9.10. The lowest BCUT2D eigenvalue weighted by Gasteiger charge is -2.33. The number of piperidine rings is 1. The molecule has 1 atom stereocenters. The number of carbonyl (C=O) groups is 1. The Labute approximate surface area is 151 Å². The smallest absolute Gasteiger partial charge is 0.320 e. The van der Waals surface area contributed by atoms with Crippen LogP contribution in [0.1, 0.15) is 31.7 Å². The molecule has 2 rings (SSSR count). The minimum absolute atomic E-state index is 0.394. The molecule has 1 N–H and O–H groups in total. The highest BCUT2D eigenvalue weighted by atomic mass is 79.9. The summed E-state index contributed by atoms with van der Waals surface area (Å²) in [6.07, 6.45) is 4.39. The number of hydrogen-bond acceptors (Lipinski definition) is 4. The van der Waals surface area contributed by atoms with Crippen LogP contribution in [0.4, 0.5) is 0 Å². The van der Waals surface area contributed by atoms with Gasteiger partial charge in [0.15, 0.2) is 11.5 Å². The van der Waals surface area contributed by atoms with E-state index in [0.717, 1.165) is 29.4 Å². The van der Waals surface area contributed by atoms with Gasteiger partial charge in [-0.1, -0.05) is 19.1 Å². The Bertz CT molecular complexity index is 591. The summed E-state index contributed by atoms with van der Waals surface area (Å²) in [5.41, 5.74) is 1.00. The molecule has 5 nitrogen and oxygen atoms in total. The van der Waals surface area contributed by atoms with E-state index in [0.29, 0.717) is 37.7 Å². The standard InChI is InChI=1S/C18H24BrNO4/c1-3-9-24-17-14(19)10-13(11-16(17)23-4-2)12-20-8-6-5-7-15(20)18(21)22/h3,10-11,15H,1,4-9,12H2,2H3,(H,21,22). The first-order chi connectivity index (χ1) is 11.6. The maximum absolute atomic E-state index is 11.5. The Balaban J connectivity index is 2.23. The second-order valence-electron chi connectivity index (χ2n) is 5.76. The van der Waals surface area contributed by atoms with Crippen LogP contribution in [-0.4, -0.2) is 41.8 Å². The van der Waals surface area contributed by atoms with E-state index in [2.05, 4.69) is 22.5 Å². The van der Waals surface area contributed by atoms with Crippen molar-refractivity contribution in [1.82, 2.24) is 4.90 Å². The summed E-state index contributed by atoms with van der Waals surface area (Å²) in [4.78, 5) is 13.5. The zero-order chi connectivity index (χ0) is 17.5. The van der Waals surface area contributed by atoms with Gasteiger partial charge in [-0.2, -0.15) is 0 Å². The van der Waals surface area contributed by atoms with Crippen molar-refractivity contribution in [3.8, 4) is 11.5 Å². The largest absolute Gasteiger partial charge is 0.490 e. The third-order valence-electron chi connectivity index (χ3n) is 4.00. The third-order valence-corrected chi connectivity index (χ3v) is 4.59. The van der Waals surface area contributed by atoms with Gasteiger partial charge < -0.3 is 14.6 Å². The zero-order valence-corrected chi connectivity index (χ0v) is 15.5. The Hall–Kier alpha value is -1.53. The van der Waals surface area contributed by atoms with Crippen LogP contribution < -0.4 is 9.47 Å². The predicted octanol–water partition coefficient (Wildman–Crippen LogP) is 3.85. The SMILES string of the molecule is C=CCOc1c(Br)cc(CN2CCCCC2C(=O)O)cc1OCC. The molecular formula is C18H24BrNO4. The zero-order valence-electron chi connectivity index (χ0n) is 14.0. The first-order valence-corrected chi connectivity index (χ1v) is 9.01. The van der Waals surface area contributed by atoms with E-state index in [9.17, 15) is 9.90 Å². The molecule has 24 heavy (non-hydrogen) atoms. The van der Waals surface area contributed by atoms with Gasteiger partial charge in [-0.25, -0.2) is 0 Å². The Morgan fingerprint density at radius 2 is 2.25 bits per heavy atom. The molecule has 1 saturated heterocycles. The van der Waals surface area contributed by atoms with Gasteiger partial charge in [0.25, 0.3) is 0 Å². The van der Waals surface area contributed by atoms with Gasteiger partial charge in [-0.05, 0) is 59.9 Å². The van der Waals surface area contributed by atoms with Crippen molar-refractivity contribution in [2.24, 2.45) is 0 Å². The maximum Gasteiger partial charge on any atom is 0.320 e. The van der Waals surface area contributed by atoms with Gasteiger partial charge in [-0.3, -0.25) is 9.69 Å². The number of aliphatic carboxylic acids is 1. The van der Waals surface area contributed by atoms with Crippen LogP contribution in [0.2, 0.25) is 0 Å². The van der Waals surface area contributed by atoms with E-state index >= 15 is 0 Å². The van der Waals surface area contributed by atoms with Crippen LogP contribution in [0.3, 0.4) is 0 Å². The van der Waals surface area contributed by atoms with Gasteiger partial charge in [0.2, 0.25) is 0 Å². The fourth-order valence-corrected chi connectivity index (χ4v) is 3.56. The monoisotopic (exact) mass is 397 g/mol. The summed E-state index contributed by atoms with van der Waals surface area (Å²) in [5, 5.41) is 9.42. The molecule has 0 aliphatic carbocycles. The molecule has 132 valence electrons. The molecule has 1 heterocycles. The minimum Gasteiger partial charge on any atom is -0.490 e. The van der Waals surface area contributed by atoms with E-state index in [4.69, 9.17) is 9.47 Å². The minimum atomic E-state index is -0.746. The molecule has 1 aromatic carbocycles. The van der Waals surface area contributed by atoms with Crippen molar-refractivity contribution in [1.29, 1.82) is 0 Å². The van der Waals surface area contributed by atoms with Crippen molar-refractivity contribution in [2.45, 2.75) is 38.8 Å². The molecule has 1 aliphatic rings. The van der Waals surface area contributed by atoms with Crippen LogP contribution in [0.5, 0.6) is 11.5 Å². The Morgan fingerprint density at radius 3 is 2.92 bits per heavy atom. The van der Waals surface area contributed by atoms with Crippen LogP contribution in [0.25, 0.3) is 0 Å². The lowest BCUT2D eigenvalue weighted by molar-refractivity contribution is -0.144. The Morgan fingerprint density at radius 1 is 1.46 bits per heavy atom. The van der Waals surface area contributed by atoms with Crippen LogP contribution in [0.15, 0.2) is 29.3 Å². The number of carboxylic acids is 1. The summed E-state index contributed by atoms with van der Waals surface area (Å²) in [6, 6.07) is 3.49. The summed E-state index contributed by atoms with van der Waals surface area (Å²) in [6.45, 7) is 7.88. The average Bonchev–Trinajstić information content (AvgIpc) is 2.55. The fraction of sp³-hybridized carbons (Fsp3) is 0.500. The molecular weight excluding hydrogens is 374 g/mol. The van der Waals surface area contributed by atoms with Crippen molar-refractivity contribution in [3.63, 3.8) is 0 Å². The molecule has 1 aromatic rings. The first kappa shape index (κ1) is 18.8. The second kappa shape index (κ2) is 9.08. The molecule has 0 spiro atoms. The topological polar surface area (TPSA) is 59.0 Å². The molecule has 1 aliphatic heterocycles. The van der Waals surface area contributed by atoms with Crippen molar-refractivity contribution in [2.75, 3.05) is 19.8 Å². The molecule has 6 heteroatoms. The fourth-order valence-electron chi connectivity index (χ4n) is 2.95. The molecule has 0 amide bonds. The molecule has 0 radical (unpaired) electrons. The van der Waals surface area contributed by atoms with Crippen molar-refractivity contribution >= 4 is 21.9 Å². The van der Waals surface area contributed by atoms with Crippen molar-refractivity contribution < 1.29 is 19.4 Å². The van der Waals surface area contributed by atoms with Gasteiger partial charge >= 0.3 is 5.97 Å². The van der Waals surface area contributed by atoms with E-state index < -0.39 is 12.0 Å². The number of likely N-dealkylation sites (tertiary alicyclic amines) is 1. The quantitative estimate of drug-likeness (QED) is 0.674. The number of ether oxygens (including phenoxy) is 2. The number of benzene rings is 1. The second-order valence-corrected chi connectivity index (χ2v) is 6.61. The molecule has 0 aromatic heterocycles. The maximum atomic E-state index is 11.5. The normalized spacial score (nSPS) is 18.2. The van der Waals surface area contributed by atoms with Crippen molar-refractivity contribution in [3.05, 3.63) is 34.8 Å². The Kier molecular flexibility index (Phi) is 7.12. The van der Waals surface area contributed by atoms with Crippen LogP contribution in [0, 0.1) is 0 Å². The van der Waals surface area contributed by atoms with E-state index in [-0.39, 0.29) is 0 Å². The number of hydrogen-bond donors (Lipinski definition) is 1. The van der Waals surface area contributed by atoms with Gasteiger partial charge in [0, 0.05) is 6.54 Å².